The molecule has 0 radical (unpaired) electrons. The van der Waals surface area contributed by atoms with Crippen molar-refractivity contribution in [3.8, 4) is 0 Å². The number of rotatable bonds is 0. The lowest BCUT2D eigenvalue weighted by Gasteiger charge is -2.30. The normalized spacial score (nSPS) is 19.4. The largest absolute Gasteiger partial charge is 0.385 e. The highest BCUT2D eigenvalue weighted by Crippen LogP contribution is 2.46. The van der Waals surface area contributed by atoms with E-state index in [0.717, 1.165) is 11.1 Å². The van der Waals surface area contributed by atoms with Crippen molar-refractivity contribution in [3.63, 3.8) is 0 Å². The smallest absolute Gasteiger partial charge is 0.219 e. The van der Waals surface area contributed by atoms with Gasteiger partial charge in [-0.15, -0.1) is 0 Å². The minimum atomic E-state index is -1.63. The van der Waals surface area contributed by atoms with E-state index in [4.69, 9.17) is 34.8 Å². The first kappa shape index (κ1) is 10.6. The average Bonchev–Trinajstić information content (AvgIpc) is 2.40. The first-order valence-electron chi connectivity index (χ1n) is 4.28. The molecule has 0 saturated carbocycles. The van der Waals surface area contributed by atoms with E-state index in [2.05, 4.69) is 0 Å². The lowest BCUT2D eigenvalue weighted by atomic mass is 10.0. The second kappa shape index (κ2) is 3.28. The third kappa shape index (κ3) is 1.63. The zero-order valence-corrected chi connectivity index (χ0v) is 9.57. The third-order valence-corrected chi connectivity index (χ3v) is 3.67. The summed E-state index contributed by atoms with van der Waals surface area (Å²) in [6, 6.07) is 7.74. The second-order valence-corrected chi connectivity index (χ2v) is 5.93. The zero-order valence-electron chi connectivity index (χ0n) is 7.30. The number of hydrogen-bond donors (Lipinski definition) is 1. The SMILES string of the molecule is OC1(C(Cl)(Cl)Cl)Cc2ccccc2C1. The number of aliphatic hydroxyl groups is 1. The van der Waals surface area contributed by atoms with Gasteiger partial charge in [0.2, 0.25) is 3.79 Å². The van der Waals surface area contributed by atoms with Gasteiger partial charge in [0.05, 0.1) is 0 Å². The Kier molecular flexibility index (Phi) is 2.47. The summed E-state index contributed by atoms with van der Waals surface area (Å²) in [5.74, 6) is 0. The molecule has 0 amide bonds. The van der Waals surface area contributed by atoms with Crippen LogP contribution in [0.5, 0.6) is 0 Å². The maximum atomic E-state index is 10.2. The van der Waals surface area contributed by atoms with E-state index in [-0.39, 0.29) is 0 Å². The molecule has 1 aromatic rings. The number of hydrogen-bond acceptors (Lipinski definition) is 1. The molecular weight excluding hydrogens is 242 g/mol. The Hall–Kier alpha value is 0.0500. The Bertz CT molecular complexity index is 332. The Balaban J connectivity index is 2.35. The molecule has 76 valence electrons. The Morgan fingerprint density at radius 1 is 1.07 bits per heavy atom. The maximum absolute atomic E-state index is 10.2. The van der Waals surface area contributed by atoms with Crippen molar-refractivity contribution >= 4 is 34.8 Å². The van der Waals surface area contributed by atoms with Crippen LogP contribution in [0.15, 0.2) is 24.3 Å². The van der Waals surface area contributed by atoms with Crippen molar-refractivity contribution in [2.75, 3.05) is 0 Å². The fourth-order valence-corrected chi connectivity index (χ4v) is 2.20. The zero-order chi connectivity index (χ0) is 10.4. The quantitative estimate of drug-likeness (QED) is 0.703. The molecule has 0 aliphatic heterocycles. The van der Waals surface area contributed by atoms with Crippen LogP contribution in [-0.2, 0) is 12.8 Å². The molecule has 2 rings (SSSR count). The van der Waals surface area contributed by atoms with Crippen LogP contribution >= 0.6 is 34.8 Å². The molecule has 0 saturated heterocycles. The first-order chi connectivity index (χ1) is 6.42. The van der Waals surface area contributed by atoms with E-state index < -0.39 is 9.39 Å². The fraction of sp³-hybridized carbons (Fsp3) is 0.400. The van der Waals surface area contributed by atoms with Crippen LogP contribution in [0.2, 0.25) is 0 Å². The van der Waals surface area contributed by atoms with Crippen LogP contribution in [0.25, 0.3) is 0 Å². The standard InChI is InChI=1S/C10H9Cl3O/c11-10(12,13)9(14)5-7-3-1-2-4-8(7)6-9/h1-4,14H,5-6H2. The van der Waals surface area contributed by atoms with Crippen LogP contribution in [0.1, 0.15) is 11.1 Å². The van der Waals surface area contributed by atoms with E-state index in [1.165, 1.54) is 0 Å². The summed E-state index contributed by atoms with van der Waals surface area (Å²) in [4.78, 5) is 0. The first-order valence-corrected chi connectivity index (χ1v) is 5.42. The van der Waals surface area contributed by atoms with Crippen LogP contribution in [0.4, 0.5) is 0 Å². The average molecular weight is 252 g/mol. The molecule has 0 bridgehead atoms. The van der Waals surface area contributed by atoms with Gasteiger partial charge in [-0.05, 0) is 11.1 Å². The van der Waals surface area contributed by atoms with Crippen LogP contribution in [0, 0.1) is 0 Å². The summed E-state index contributed by atoms with van der Waals surface area (Å²) in [5, 5.41) is 10.2. The summed E-state index contributed by atoms with van der Waals surface area (Å²) >= 11 is 17.3. The highest BCUT2D eigenvalue weighted by molar-refractivity contribution is 6.68. The molecule has 0 heterocycles. The molecule has 0 unspecified atom stereocenters. The van der Waals surface area contributed by atoms with Crippen molar-refractivity contribution in [3.05, 3.63) is 35.4 Å². The number of alkyl halides is 3. The van der Waals surface area contributed by atoms with E-state index in [9.17, 15) is 5.11 Å². The lowest BCUT2D eigenvalue weighted by Crippen LogP contribution is -2.43. The predicted octanol–water partition coefficient (Wildman–Crippen LogP) is 2.89. The Labute approximate surface area is 97.6 Å². The van der Waals surface area contributed by atoms with Crippen molar-refractivity contribution in [2.45, 2.75) is 22.2 Å². The monoisotopic (exact) mass is 250 g/mol. The van der Waals surface area contributed by atoms with Gasteiger partial charge < -0.3 is 5.11 Å². The molecule has 0 fully saturated rings. The molecule has 14 heavy (non-hydrogen) atoms. The number of benzene rings is 1. The molecule has 0 aromatic heterocycles. The minimum Gasteiger partial charge on any atom is -0.385 e. The van der Waals surface area contributed by atoms with E-state index >= 15 is 0 Å². The Morgan fingerprint density at radius 3 is 1.86 bits per heavy atom. The second-order valence-electron chi connectivity index (χ2n) is 3.65. The van der Waals surface area contributed by atoms with Gasteiger partial charge in [0.1, 0.15) is 5.60 Å². The molecular formula is C10H9Cl3O. The predicted molar refractivity (Wildman–Crippen MR) is 59.1 cm³/mol. The summed E-state index contributed by atoms with van der Waals surface area (Å²) in [5.41, 5.74) is 0.851. The van der Waals surface area contributed by atoms with Crippen LogP contribution in [0.3, 0.4) is 0 Å². The summed E-state index contributed by atoms with van der Waals surface area (Å²) in [6.45, 7) is 0. The molecule has 0 atom stereocenters. The maximum Gasteiger partial charge on any atom is 0.219 e. The minimum absolute atomic E-state index is 0.402. The highest BCUT2D eigenvalue weighted by Gasteiger charge is 2.50. The summed E-state index contributed by atoms with van der Waals surface area (Å²) in [7, 11) is 0. The molecule has 1 aliphatic rings. The van der Waals surface area contributed by atoms with Gasteiger partial charge in [-0.3, -0.25) is 0 Å². The Morgan fingerprint density at radius 2 is 1.50 bits per heavy atom. The lowest BCUT2D eigenvalue weighted by molar-refractivity contribution is 0.0554. The molecule has 1 aromatic carbocycles. The van der Waals surface area contributed by atoms with Gasteiger partial charge in [-0.1, -0.05) is 59.1 Å². The van der Waals surface area contributed by atoms with E-state index in [1.807, 2.05) is 24.3 Å². The topological polar surface area (TPSA) is 20.2 Å². The van der Waals surface area contributed by atoms with Crippen molar-refractivity contribution in [2.24, 2.45) is 0 Å². The summed E-state index contributed by atoms with van der Waals surface area (Å²) in [6.07, 6.45) is 0.805. The van der Waals surface area contributed by atoms with Crippen molar-refractivity contribution < 1.29 is 5.11 Å². The summed E-state index contributed by atoms with van der Waals surface area (Å²) < 4.78 is -1.63. The number of halogens is 3. The van der Waals surface area contributed by atoms with Crippen LogP contribution in [-0.4, -0.2) is 14.5 Å². The van der Waals surface area contributed by atoms with Gasteiger partial charge >= 0.3 is 0 Å². The molecule has 4 heteroatoms. The number of fused-ring (bicyclic) bond motifs is 1. The molecule has 1 nitrogen and oxygen atoms in total. The van der Waals surface area contributed by atoms with Gasteiger partial charge in [0.25, 0.3) is 0 Å². The highest BCUT2D eigenvalue weighted by atomic mass is 35.6. The molecule has 0 spiro atoms. The van der Waals surface area contributed by atoms with E-state index in [1.54, 1.807) is 0 Å². The van der Waals surface area contributed by atoms with Crippen molar-refractivity contribution in [1.82, 2.24) is 0 Å². The molecule has 1 N–H and O–H groups in total. The third-order valence-electron chi connectivity index (χ3n) is 2.61. The van der Waals surface area contributed by atoms with Gasteiger partial charge in [-0.25, -0.2) is 0 Å². The van der Waals surface area contributed by atoms with Gasteiger partial charge in [-0.2, -0.15) is 0 Å². The van der Waals surface area contributed by atoms with E-state index in [0.29, 0.717) is 12.8 Å². The fourth-order valence-electron chi connectivity index (χ4n) is 1.80. The van der Waals surface area contributed by atoms with Gasteiger partial charge in [0.15, 0.2) is 0 Å². The van der Waals surface area contributed by atoms with Crippen LogP contribution < -0.4 is 0 Å². The van der Waals surface area contributed by atoms with Gasteiger partial charge in [0, 0.05) is 12.8 Å². The van der Waals surface area contributed by atoms with Crippen molar-refractivity contribution in [1.29, 1.82) is 0 Å². The molecule has 1 aliphatic carbocycles.